The van der Waals surface area contributed by atoms with Crippen molar-refractivity contribution in [2.75, 3.05) is 45.9 Å². The molecule has 1 spiro atoms. The lowest BCUT2D eigenvalue weighted by Crippen LogP contribution is -2.45. The molecule has 4 aromatic rings. The van der Waals surface area contributed by atoms with Crippen LogP contribution in [-0.2, 0) is 35.7 Å². The minimum Gasteiger partial charge on any atom is -0.482 e. The Morgan fingerprint density at radius 1 is 0.939 bits per heavy atom. The van der Waals surface area contributed by atoms with Gasteiger partial charge in [-0.25, -0.2) is 14.8 Å². The summed E-state index contributed by atoms with van der Waals surface area (Å²) < 4.78 is 13.0. The van der Waals surface area contributed by atoms with Crippen LogP contribution < -0.4 is 4.74 Å². The van der Waals surface area contributed by atoms with Crippen LogP contribution in [0.5, 0.6) is 5.75 Å². The van der Waals surface area contributed by atoms with Crippen LogP contribution in [0.15, 0.2) is 61.2 Å². The van der Waals surface area contributed by atoms with Gasteiger partial charge in [-0.3, -0.25) is 4.90 Å². The average molecular weight is 670 g/mol. The van der Waals surface area contributed by atoms with Crippen molar-refractivity contribution in [1.82, 2.24) is 34.2 Å². The molecule has 0 bridgehead atoms. The van der Waals surface area contributed by atoms with E-state index in [4.69, 9.17) is 14.5 Å². The highest BCUT2D eigenvalue weighted by Gasteiger charge is 2.40. The van der Waals surface area contributed by atoms with Gasteiger partial charge in [-0.15, -0.1) is 0 Å². The van der Waals surface area contributed by atoms with E-state index >= 15 is 0 Å². The van der Waals surface area contributed by atoms with Gasteiger partial charge in [0.05, 0.1) is 19.7 Å². The summed E-state index contributed by atoms with van der Waals surface area (Å²) in [5.41, 5.74) is 1.75. The second kappa shape index (κ2) is 16.8. The molecule has 10 heteroatoms. The Bertz CT molecular complexity index is 1610. The molecule has 0 saturated carbocycles. The van der Waals surface area contributed by atoms with E-state index in [9.17, 15) is 4.79 Å². The molecule has 2 aromatic carbocycles. The fourth-order valence-electron chi connectivity index (χ4n) is 7.98. The Morgan fingerprint density at radius 2 is 1.73 bits per heavy atom. The zero-order chi connectivity index (χ0) is 34.1. The van der Waals surface area contributed by atoms with Gasteiger partial charge in [0, 0.05) is 50.5 Å². The van der Waals surface area contributed by atoms with Crippen molar-refractivity contribution in [1.29, 1.82) is 0 Å². The predicted octanol–water partition coefficient (Wildman–Crippen LogP) is 6.27. The van der Waals surface area contributed by atoms with E-state index in [0.29, 0.717) is 24.3 Å². The van der Waals surface area contributed by atoms with Crippen LogP contribution >= 0.6 is 0 Å². The van der Waals surface area contributed by atoms with Gasteiger partial charge < -0.3 is 28.8 Å². The average Bonchev–Trinajstić information content (AvgIpc) is 3.88. The molecule has 2 aromatic heterocycles. The van der Waals surface area contributed by atoms with Gasteiger partial charge in [0.2, 0.25) is 0 Å². The van der Waals surface area contributed by atoms with E-state index in [2.05, 4.69) is 67.5 Å². The highest BCUT2D eigenvalue weighted by Crippen LogP contribution is 2.41. The fourth-order valence-corrected chi connectivity index (χ4v) is 7.98. The minimum atomic E-state index is -0.362. The van der Waals surface area contributed by atoms with Gasteiger partial charge in [-0.05, 0) is 112 Å². The number of aromatic nitrogens is 4. The van der Waals surface area contributed by atoms with E-state index in [0.717, 1.165) is 61.1 Å². The number of nitrogens with zero attached hydrogens (tertiary/aromatic N) is 6. The van der Waals surface area contributed by atoms with Crippen molar-refractivity contribution < 1.29 is 14.3 Å². The van der Waals surface area contributed by atoms with Gasteiger partial charge in [-0.2, -0.15) is 0 Å². The third kappa shape index (κ3) is 9.29. The molecule has 4 heterocycles. The molecule has 0 atom stereocenters. The van der Waals surface area contributed by atoms with E-state index in [1.165, 1.54) is 63.8 Å². The van der Waals surface area contributed by atoms with Crippen LogP contribution in [0.1, 0.15) is 76.5 Å². The molecule has 2 fully saturated rings. The highest BCUT2D eigenvalue weighted by atomic mass is 16.6. The van der Waals surface area contributed by atoms with Gasteiger partial charge >= 0.3 is 5.97 Å². The van der Waals surface area contributed by atoms with Crippen molar-refractivity contribution in [2.24, 2.45) is 5.41 Å². The summed E-state index contributed by atoms with van der Waals surface area (Å²) in [6.45, 7) is 16.1. The van der Waals surface area contributed by atoms with E-state index < -0.39 is 0 Å². The lowest BCUT2D eigenvalue weighted by Gasteiger charge is -2.42. The van der Waals surface area contributed by atoms with Crippen LogP contribution in [0.3, 0.4) is 0 Å². The van der Waals surface area contributed by atoms with Gasteiger partial charge in [0.25, 0.3) is 0 Å². The molecule has 49 heavy (non-hydrogen) atoms. The Hall–Kier alpha value is -3.73. The number of imidazole rings is 2. The second-order valence-electron chi connectivity index (χ2n) is 14.0. The molecule has 264 valence electrons. The Balaban J connectivity index is 1.03. The summed E-state index contributed by atoms with van der Waals surface area (Å²) in [4.78, 5) is 32.2. The number of hydrogen-bond donors (Lipinski definition) is 1. The van der Waals surface area contributed by atoms with Crippen LogP contribution in [-0.4, -0.2) is 92.2 Å². The Kier molecular flexibility index (Phi) is 12.0. The van der Waals surface area contributed by atoms with Crippen LogP contribution in [0.25, 0.3) is 10.8 Å². The number of aromatic amines is 1. The van der Waals surface area contributed by atoms with E-state index in [1.807, 2.05) is 36.8 Å². The first-order valence-electron chi connectivity index (χ1n) is 18.4. The predicted molar refractivity (Wildman–Crippen MR) is 193 cm³/mol. The third-order valence-electron chi connectivity index (χ3n) is 10.7. The molecule has 6 rings (SSSR count). The number of H-pyrrole nitrogens is 1. The Morgan fingerprint density at radius 3 is 2.51 bits per heavy atom. The number of ether oxygens (including phenoxy) is 2. The molecule has 2 aliphatic rings. The summed E-state index contributed by atoms with van der Waals surface area (Å²) in [6, 6.07) is 13.2. The molecular weight excluding hydrogens is 614 g/mol. The van der Waals surface area contributed by atoms with E-state index in [1.54, 1.807) is 6.92 Å². The number of likely N-dealkylation sites (tertiary alicyclic amines) is 2. The monoisotopic (exact) mass is 669 g/mol. The summed E-state index contributed by atoms with van der Waals surface area (Å²) in [7, 11) is 0. The van der Waals surface area contributed by atoms with Crippen LogP contribution in [0.4, 0.5) is 0 Å². The highest BCUT2D eigenvalue weighted by molar-refractivity contribution is 5.84. The molecule has 1 N–H and O–H groups in total. The normalized spacial score (nSPS) is 16.8. The zero-order valence-corrected chi connectivity index (χ0v) is 29.8. The second-order valence-corrected chi connectivity index (χ2v) is 14.0. The van der Waals surface area contributed by atoms with Crippen LogP contribution in [0.2, 0.25) is 0 Å². The molecule has 2 saturated heterocycles. The standard InChI is InChI=1S/C39H55N7O3/c1-4-34(5-2)45-21-13-39(14-22-45)12-20-43(30-39)18-7-19-46-23-17-42-37(46)28-44(27-36-40-15-16-41-36)26-31-8-9-33-25-35(11-10-32(33)24-31)49-29-38(47)48-6-3/h8-11,15-17,23-25,34H,4-7,12-14,18-22,26-30H2,1-3H3,(H,40,41). The van der Waals surface area contributed by atoms with Gasteiger partial charge in [0.15, 0.2) is 6.61 Å². The summed E-state index contributed by atoms with van der Waals surface area (Å²) in [6.07, 6.45) is 15.5. The number of carbonyl (C=O) groups is 1. The number of rotatable bonds is 17. The molecule has 0 unspecified atom stereocenters. The van der Waals surface area contributed by atoms with E-state index in [-0.39, 0.29) is 12.6 Å². The molecule has 2 aliphatic heterocycles. The molecule has 0 amide bonds. The number of esters is 1. The number of benzene rings is 2. The number of carbonyl (C=O) groups excluding carboxylic acids is 1. The summed E-state index contributed by atoms with van der Waals surface area (Å²) in [5, 5.41) is 2.19. The van der Waals surface area contributed by atoms with Crippen molar-refractivity contribution in [2.45, 2.75) is 91.5 Å². The van der Waals surface area contributed by atoms with Crippen molar-refractivity contribution in [3.63, 3.8) is 0 Å². The quantitative estimate of drug-likeness (QED) is 0.132. The number of hydrogen-bond acceptors (Lipinski definition) is 8. The first kappa shape index (κ1) is 35.1. The van der Waals surface area contributed by atoms with Crippen molar-refractivity contribution in [3.05, 3.63) is 78.4 Å². The summed E-state index contributed by atoms with van der Waals surface area (Å²) in [5.74, 6) is 2.32. The smallest absolute Gasteiger partial charge is 0.344 e. The van der Waals surface area contributed by atoms with Gasteiger partial charge in [-0.1, -0.05) is 32.0 Å². The summed E-state index contributed by atoms with van der Waals surface area (Å²) >= 11 is 0. The maximum absolute atomic E-state index is 11.7. The minimum absolute atomic E-state index is 0.0917. The first-order chi connectivity index (χ1) is 24.0. The lowest BCUT2D eigenvalue weighted by molar-refractivity contribution is -0.145. The molecule has 0 aliphatic carbocycles. The molecule has 10 nitrogen and oxygen atoms in total. The first-order valence-corrected chi connectivity index (χ1v) is 18.4. The van der Waals surface area contributed by atoms with Crippen molar-refractivity contribution >= 4 is 16.7 Å². The number of piperidine rings is 1. The van der Waals surface area contributed by atoms with Crippen molar-refractivity contribution in [3.8, 4) is 5.75 Å². The topological polar surface area (TPSA) is 91.8 Å². The fraction of sp³-hybridized carbons (Fsp3) is 0.564. The maximum atomic E-state index is 11.7. The molecule has 0 radical (unpaired) electrons. The number of nitrogens with one attached hydrogen (secondary N) is 1. The lowest BCUT2D eigenvalue weighted by atomic mass is 9.77. The number of aryl methyl sites for hydroxylation is 1. The Labute approximate surface area is 291 Å². The number of fused-ring (bicyclic) bond motifs is 1. The maximum Gasteiger partial charge on any atom is 0.344 e. The third-order valence-corrected chi connectivity index (χ3v) is 10.7. The van der Waals surface area contributed by atoms with Gasteiger partial charge in [0.1, 0.15) is 17.4 Å². The zero-order valence-electron chi connectivity index (χ0n) is 29.8. The molecular formula is C39H55N7O3. The van der Waals surface area contributed by atoms with Crippen LogP contribution in [0, 0.1) is 5.41 Å². The largest absolute Gasteiger partial charge is 0.482 e. The SMILES string of the molecule is CCOC(=O)COc1ccc2cc(CN(Cc3ncc[nH]3)Cc3nccn3CCCN3CCC4(CCN(C(CC)CC)CC4)C3)ccc2c1.